The number of fused-ring (bicyclic) bond motifs is 1. The number of carbonyl (C=O) groups is 2. The van der Waals surface area contributed by atoms with Crippen LogP contribution in [0.4, 0.5) is 4.39 Å². The average molecular weight is 423 g/mol. The first-order valence-corrected chi connectivity index (χ1v) is 10.1. The van der Waals surface area contributed by atoms with Crippen molar-refractivity contribution in [2.45, 2.75) is 13.0 Å². The molecule has 0 aliphatic carbocycles. The summed E-state index contributed by atoms with van der Waals surface area (Å²) in [4.78, 5) is 33.0. The Morgan fingerprint density at radius 1 is 1.16 bits per heavy atom. The Hall–Kier alpha value is -3.52. The van der Waals surface area contributed by atoms with E-state index in [1.165, 1.54) is 29.2 Å². The number of amides is 1. The molecule has 2 N–H and O–H groups in total. The molecular formula is C23H24FN4O3+. The average Bonchev–Trinajstić information content (AvgIpc) is 3.20. The highest BCUT2D eigenvalue weighted by Gasteiger charge is 2.46. The first-order valence-electron chi connectivity index (χ1n) is 10.1. The van der Waals surface area contributed by atoms with Crippen LogP contribution in [0.1, 0.15) is 23.0 Å². The maximum Gasteiger partial charge on any atom is 0.295 e. The molecule has 3 heterocycles. The maximum absolute atomic E-state index is 13.6. The first kappa shape index (κ1) is 20.7. The van der Waals surface area contributed by atoms with Gasteiger partial charge in [-0.2, -0.15) is 0 Å². The van der Waals surface area contributed by atoms with Crippen molar-refractivity contribution in [1.82, 2.24) is 14.3 Å². The molecule has 0 spiro atoms. The van der Waals surface area contributed by atoms with E-state index in [0.29, 0.717) is 35.7 Å². The van der Waals surface area contributed by atoms with Crippen LogP contribution in [0.25, 0.3) is 11.4 Å². The number of imidazole rings is 1. The van der Waals surface area contributed by atoms with Gasteiger partial charge in [-0.1, -0.05) is 18.2 Å². The number of aliphatic hydroxyl groups is 1. The summed E-state index contributed by atoms with van der Waals surface area (Å²) in [6.07, 6.45) is 1.74. The largest absolute Gasteiger partial charge is 0.505 e. The Morgan fingerprint density at radius 3 is 2.55 bits per heavy atom. The van der Waals surface area contributed by atoms with E-state index in [4.69, 9.17) is 0 Å². The van der Waals surface area contributed by atoms with Crippen LogP contribution in [-0.4, -0.2) is 58.3 Å². The summed E-state index contributed by atoms with van der Waals surface area (Å²) in [7, 11) is 3.90. The van der Waals surface area contributed by atoms with E-state index >= 15 is 0 Å². The van der Waals surface area contributed by atoms with Crippen LogP contribution in [0.15, 0.2) is 54.2 Å². The normalized spacial score (nSPS) is 18.5. The first-order chi connectivity index (χ1) is 14.8. The fourth-order valence-corrected chi connectivity index (χ4v) is 3.97. The zero-order valence-corrected chi connectivity index (χ0v) is 17.6. The number of ketones is 1. The van der Waals surface area contributed by atoms with Crippen molar-refractivity contribution in [2.75, 3.05) is 27.2 Å². The zero-order chi connectivity index (χ0) is 22.3. The number of pyridine rings is 1. The standard InChI is InChI=1S/C23H23FN4O3/c1-14-19(27-11-5-4-6-17(27)25-14)21(29)18-20(15-7-9-16(24)10-8-15)28(13-12-26(2)3)23(31)22(18)30/h4-11,20,29H,12-13H2,1-3H3/p+1/t20-/m0/s1. The van der Waals surface area contributed by atoms with E-state index in [1.807, 2.05) is 20.2 Å². The number of hydrogen-bond donors (Lipinski definition) is 2. The van der Waals surface area contributed by atoms with Gasteiger partial charge in [0.25, 0.3) is 11.7 Å². The van der Waals surface area contributed by atoms with Crippen molar-refractivity contribution in [2.24, 2.45) is 0 Å². The van der Waals surface area contributed by atoms with Crippen molar-refractivity contribution >= 4 is 23.1 Å². The van der Waals surface area contributed by atoms with E-state index in [9.17, 15) is 19.1 Å². The number of halogens is 1. The predicted molar refractivity (Wildman–Crippen MR) is 113 cm³/mol. The van der Waals surface area contributed by atoms with Gasteiger partial charge in [0.05, 0.1) is 44.5 Å². The molecule has 0 unspecified atom stereocenters. The Bertz CT molecular complexity index is 1200. The second-order valence-electron chi connectivity index (χ2n) is 7.98. The van der Waals surface area contributed by atoms with Gasteiger partial charge in [0.1, 0.15) is 17.2 Å². The highest BCUT2D eigenvalue weighted by atomic mass is 19.1. The van der Waals surface area contributed by atoms with Gasteiger partial charge in [-0.25, -0.2) is 9.37 Å². The van der Waals surface area contributed by atoms with E-state index < -0.39 is 23.5 Å². The van der Waals surface area contributed by atoms with Crippen molar-refractivity contribution in [1.29, 1.82) is 0 Å². The Labute approximate surface area is 179 Å². The molecule has 1 aliphatic rings. The predicted octanol–water partition coefficient (Wildman–Crippen LogP) is 1.35. The van der Waals surface area contributed by atoms with Crippen molar-refractivity contribution < 1.29 is 24.0 Å². The number of carbonyl (C=O) groups excluding carboxylic acids is 2. The summed E-state index contributed by atoms with van der Waals surface area (Å²) in [5, 5.41) is 11.3. The van der Waals surface area contributed by atoms with Gasteiger partial charge < -0.3 is 14.9 Å². The molecule has 1 fully saturated rings. The molecule has 1 saturated heterocycles. The molecule has 2 aromatic heterocycles. The lowest BCUT2D eigenvalue weighted by atomic mass is 9.96. The second kappa shape index (κ2) is 7.96. The lowest BCUT2D eigenvalue weighted by Gasteiger charge is -2.25. The Kier molecular flexibility index (Phi) is 5.32. The van der Waals surface area contributed by atoms with Crippen molar-refractivity contribution in [3.05, 3.63) is 77.0 Å². The number of quaternary nitrogens is 1. The van der Waals surface area contributed by atoms with E-state index in [1.54, 1.807) is 29.7 Å². The summed E-state index contributed by atoms with van der Waals surface area (Å²) in [5.74, 6) is -2.14. The summed E-state index contributed by atoms with van der Waals surface area (Å²) >= 11 is 0. The second-order valence-corrected chi connectivity index (χ2v) is 7.98. The molecule has 8 heteroatoms. The number of hydrogen-bond acceptors (Lipinski definition) is 4. The van der Waals surface area contributed by atoms with Crippen LogP contribution in [0, 0.1) is 12.7 Å². The van der Waals surface area contributed by atoms with Gasteiger partial charge in [0, 0.05) is 6.20 Å². The number of rotatable bonds is 5. The lowest BCUT2D eigenvalue weighted by Crippen LogP contribution is -3.06. The zero-order valence-electron chi connectivity index (χ0n) is 17.6. The van der Waals surface area contributed by atoms with Crippen LogP contribution < -0.4 is 4.90 Å². The number of aryl methyl sites for hydroxylation is 1. The van der Waals surface area contributed by atoms with Gasteiger partial charge in [-0.3, -0.25) is 14.0 Å². The monoisotopic (exact) mass is 423 g/mol. The Morgan fingerprint density at radius 2 is 1.87 bits per heavy atom. The molecule has 1 atom stereocenters. The molecule has 0 radical (unpaired) electrons. The molecule has 1 aliphatic heterocycles. The fraction of sp³-hybridized carbons (Fsp3) is 0.261. The SMILES string of the molecule is Cc1nc2ccccn2c1C(O)=C1C(=O)C(=O)N(CC[NH+](C)C)[C@H]1c1ccc(F)cc1. The van der Waals surface area contributed by atoms with E-state index in [-0.39, 0.29) is 11.3 Å². The minimum atomic E-state index is -0.811. The fourth-order valence-electron chi connectivity index (χ4n) is 3.97. The third-order valence-corrected chi connectivity index (χ3v) is 5.51. The molecule has 160 valence electrons. The summed E-state index contributed by atoms with van der Waals surface area (Å²) in [6, 6.07) is 10.2. The number of aromatic nitrogens is 2. The number of benzene rings is 1. The molecule has 1 aromatic carbocycles. The molecule has 3 aromatic rings. The van der Waals surface area contributed by atoms with Crippen molar-refractivity contribution in [3.8, 4) is 0 Å². The van der Waals surface area contributed by atoms with Gasteiger partial charge in [0.15, 0.2) is 5.76 Å². The number of nitrogens with one attached hydrogen (secondary N) is 1. The van der Waals surface area contributed by atoms with Crippen molar-refractivity contribution in [3.63, 3.8) is 0 Å². The molecule has 31 heavy (non-hydrogen) atoms. The van der Waals surface area contributed by atoms with Crippen LogP contribution >= 0.6 is 0 Å². The van der Waals surface area contributed by atoms with E-state index in [0.717, 1.165) is 4.90 Å². The minimum absolute atomic E-state index is 0.0147. The molecule has 4 rings (SSSR count). The quantitative estimate of drug-likeness (QED) is 0.369. The van der Waals surface area contributed by atoms with Crippen LogP contribution in [0.5, 0.6) is 0 Å². The van der Waals surface area contributed by atoms with Gasteiger partial charge >= 0.3 is 0 Å². The van der Waals surface area contributed by atoms with E-state index in [2.05, 4.69) is 4.98 Å². The number of likely N-dealkylation sites (tertiary alicyclic amines) is 1. The molecule has 7 nitrogen and oxygen atoms in total. The molecule has 0 bridgehead atoms. The molecule has 0 saturated carbocycles. The summed E-state index contributed by atoms with van der Waals surface area (Å²) in [5.41, 5.74) is 2.05. The maximum atomic E-state index is 13.6. The smallest absolute Gasteiger partial charge is 0.295 e. The molecule has 1 amide bonds. The highest BCUT2D eigenvalue weighted by molar-refractivity contribution is 6.46. The number of Topliss-reactive ketones (excluding diaryl/α,β-unsaturated/α-hetero) is 1. The Balaban J connectivity index is 1.92. The van der Waals surface area contributed by atoms with Gasteiger partial charge in [0.2, 0.25) is 0 Å². The van der Waals surface area contributed by atoms with Crippen LogP contribution in [-0.2, 0) is 9.59 Å². The summed E-state index contributed by atoms with van der Waals surface area (Å²) in [6.45, 7) is 2.66. The minimum Gasteiger partial charge on any atom is -0.505 e. The highest BCUT2D eigenvalue weighted by Crippen LogP contribution is 2.39. The number of nitrogens with zero attached hydrogens (tertiary/aromatic N) is 3. The van der Waals surface area contributed by atoms with Gasteiger partial charge in [-0.05, 0) is 36.8 Å². The topological polar surface area (TPSA) is 79.3 Å². The molecular weight excluding hydrogens is 399 g/mol. The van der Waals surface area contributed by atoms with Crippen LogP contribution in [0.2, 0.25) is 0 Å². The third kappa shape index (κ3) is 3.59. The summed E-state index contributed by atoms with van der Waals surface area (Å²) < 4.78 is 15.2. The van der Waals surface area contributed by atoms with Gasteiger partial charge in [-0.15, -0.1) is 0 Å². The number of aliphatic hydroxyl groups excluding tert-OH is 1. The van der Waals surface area contributed by atoms with Crippen LogP contribution in [0.3, 0.4) is 0 Å². The number of likely N-dealkylation sites (N-methyl/N-ethyl adjacent to an activating group) is 1. The third-order valence-electron chi connectivity index (χ3n) is 5.51. The lowest BCUT2D eigenvalue weighted by molar-refractivity contribution is -0.857.